The predicted octanol–water partition coefficient (Wildman–Crippen LogP) is 4.22. The molecule has 1 saturated heterocycles. The zero-order valence-electron chi connectivity index (χ0n) is 13.9. The third kappa shape index (κ3) is 3.23. The van der Waals surface area contributed by atoms with E-state index in [9.17, 15) is 4.79 Å². The van der Waals surface area contributed by atoms with Crippen LogP contribution in [0.5, 0.6) is 0 Å². The van der Waals surface area contributed by atoms with Gasteiger partial charge in [0.25, 0.3) is 0 Å². The van der Waals surface area contributed by atoms with E-state index in [4.69, 9.17) is 4.52 Å². The van der Waals surface area contributed by atoms with Gasteiger partial charge in [-0.05, 0) is 50.3 Å². The number of likely N-dealkylation sites (tertiary alicyclic amines) is 1. The molecule has 2 aromatic rings. The van der Waals surface area contributed by atoms with Crippen molar-refractivity contribution in [2.75, 3.05) is 11.9 Å². The fraction of sp³-hybridized carbons (Fsp3) is 0.444. The van der Waals surface area contributed by atoms with E-state index in [0.29, 0.717) is 0 Å². The molecule has 5 heteroatoms. The fourth-order valence-corrected chi connectivity index (χ4v) is 3.02. The van der Waals surface area contributed by atoms with Crippen molar-refractivity contribution >= 4 is 11.7 Å². The molecule has 5 nitrogen and oxygen atoms in total. The average Bonchev–Trinajstić information content (AvgIpc) is 3.18. The van der Waals surface area contributed by atoms with E-state index in [2.05, 4.69) is 10.5 Å². The molecule has 0 radical (unpaired) electrons. The number of hydrogen-bond donors (Lipinski definition) is 1. The van der Waals surface area contributed by atoms with Crippen molar-refractivity contribution in [3.63, 3.8) is 0 Å². The van der Waals surface area contributed by atoms with Crippen LogP contribution in [-0.4, -0.2) is 22.6 Å². The Labute approximate surface area is 136 Å². The highest BCUT2D eigenvalue weighted by molar-refractivity contribution is 5.90. The molecule has 0 spiro atoms. The van der Waals surface area contributed by atoms with Crippen LogP contribution >= 0.6 is 0 Å². The van der Waals surface area contributed by atoms with E-state index >= 15 is 0 Å². The van der Waals surface area contributed by atoms with Crippen molar-refractivity contribution < 1.29 is 9.32 Å². The molecule has 23 heavy (non-hydrogen) atoms. The number of rotatable bonds is 3. The summed E-state index contributed by atoms with van der Waals surface area (Å²) in [4.78, 5) is 14.5. The van der Waals surface area contributed by atoms with Gasteiger partial charge in [0.2, 0.25) is 0 Å². The molecule has 3 rings (SSSR count). The van der Waals surface area contributed by atoms with Crippen LogP contribution in [0.1, 0.15) is 48.4 Å². The van der Waals surface area contributed by atoms with Crippen molar-refractivity contribution in [2.24, 2.45) is 0 Å². The summed E-state index contributed by atoms with van der Waals surface area (Å²) < 4.78 is 5.44. The van der Waals surface area contributed by atoms with E-state index in [1.54, 1.807) is 0 Å². The molecule has 1 aromatic carbocycles. The summed E-state index contributed by atoms with van der Waals surface area (Å²) in [7, 11) is 0. The number of carbonyl (C=O) groups is 1. The van der Waals surface area contributed by atoms with Crippen molar-refractivity contribution in [1.82, 2.24) is 10.1 Å². The van der Waals surface area contributed by atoms with Crippen molar-refractivity contribution in [3.05, 3.63) is 46.8 Å². The lowest BCUT2D eigenvalue weighted by Gasteiger charge is -2.23. The van der Waals surface area contributed by atoms with Gasteiger partial charge in [-0.1, -0.05) is 24.2 Å². The first kappa shape index (κ1) is 15.6. The molecule has 1 N–H and O–H groups in total. The Morgan fingerprint density at radius 3 is 2.96 bits per heavy atom. The SMILES string of the molecule is CCc1cc(C2CCCN2C(=O)Nc2cc(C)ccc2C)on1. The molecule has 1 aliphatic rings. The Hall–Kier alpha value is -2.30. The number of aromatic nitrogens is 1. The summed E-state index contributed by atoms with van der Waals surface area (Å²) in [5, 5.41) is 7.09. The first-order valence-electron chi connectivity index (χ1n) is 8.19. The minimum Gasteiger partial charge on any atom is -0.359 e. The third-order valence-electron chi connectivity index (χ3n) is 4.42. The van der Waals surface area contributed by atoms with Gasteiger partial charge in [-0.15, -0.1) is 0 Å². The number of urea groups is 1. The maximum atomic E-state index is 12.7. The minimum absolute atomic E-state index is 0.0204. The molecule has 0 aliphatic carbocycles. The first-order valence-corrected chi connectivity index (χ1v) is 8.19. The van der Waals surface area contributed by atoms with Gasteiger partial charge in [0, 0.05) is 18.3 Å². The molecule has 0 bridgehead atoms. The number of aryl methyl sites for hydroxylation is 3. The van der Waals surface area contributed by atoms with Crippen LogP contribution in [0.2, 0.25) is 0 Å². The Kier molecular flexibility index (Phi) is 4.37. The van der Waals surface area contributed by atoms with Gasteiger partial charge >= 0.3 is 6.03 Å². The number of carbonyl (C=O) groups excluding carboxylic acids is 1. The lowest BCUT2D eigenvalue weighted by atomic mass is 10.1. The van der Waals surface area contributed by atoms with Crippen LogP contribution in [-0.2, 0) is 6.42 Å². The van der Waals surface area contributed by atoms with Gasteiger partial charge in [-0.25, -0.2) is 4.79 Å². The highest BCUT2D eigenvalue weighted by Crippen LogP contribution is 2.33. The Bertz CT molecular complexity index is 708. The monoisotopic (exact) mass is 313 g/mol. The van der Waals surface area contributed by atoms with Gasteiger partial charge in [0.1, 0.15) is 0 Å². The number of benzene rings is 1. The second-order valence-corrected chi connectivity index (χ2v) is 6.17. The predicted molar refractivity (Wildman–Crippen MR) is 89.5 cm³/mol. The highest BCUT2D eigenvalue weighted by Gasteiger charge is 2.33. The largest absolute Gasteiger partial charge is 0.359 e. The molecule has 2 heterocycles. The zero-order valence-corrected chi connectivity index (χ0v) is 13.9. The summed E-state index contributed by atoms with van der Waals surface area (Å²) >= 11 is 0. The second kappa shape index (κ2) is 6.44. The molecular weight excluding hydrogens is 290 g/mol. The maximum Gasteiger partial charge on any atom is 0.322 e. The number of hydrogen-bond acceptors (Lipinski definition) is 3. The first-order chi connectivity index (χ1) is 11.1. The molecule has 1 aromatic heterocycles. The zero-order chi connectivity index (χ0) is 16.4. The smallest absolute Gasteiger partial charge is 0.322 e. The topological polar surface area (TPSA) is 58.4 Å². The molecule has 2 amide bonds. The lowest BCUT2D eigenvalue weighted by molar-refractivity contribution is 0.195. The summed E-state index contributed by atoms with van der Waals surface area (Å²) in [5.74, 6) is 0.787. The van der Waals surface area contributed by atoms with Crippen LogP contribution in [0.3, 0.4) is 0 Å². The summed E-state index contributed by atoms with van der Waals surface area (Å²) in [5.41, 5.74) is 3.99. The molecule has 0 saturated carbocycles. The van der Waals surface area contributed by atoms with Gasteiger partial charge in [-0.3, -0.25) is 0 Å². The van der Waals surface area contributed by atoms with E-state index in [0.717, 1.165) is 54.1 Å². The van der Waals surface area contributed by atoms with Crippen LogP contribution in [0.25, 0.3) is 0 Å². The van der Waals surface area contributed by atoms with E-state index in [-0.39, 0.29) is 12.1 Å². The maximum absolute atomic E-state index is 12.7. The number of anilines is 1. The quantitative estimate of drug-likeness (QED) is 0.923. The van der Waals surface area contributed by atoms with Gasteiger partial charge in [-0.2, -0.15) is 0 Å². The van der Waals surface area contributed by atoms with Crippen molar-refractivity contribution in [3.8, 4) is 0 Å². The van der Waals surface area contributed by atoms with E-state index in [1.807, 2.05) is 49.9 Å². The fourth-order valence-electron chi connectivity index (χ4n) is 3.02. The molecule has 1 unspecified atom stereocenters. The second-order valence-electron chi connectivity index (χ2n) is 6.17. The van der Waals surface area contributed by atoms with E-state index in [1.165, 1.54) is 0 Å². The molecule has 122 valence electrons. The highest BCUT2D eigenvalue weighted by atomic mass is 16.5. The molecular formula is C18H23N3O2. The van der Waals surface area contributed by atoms with Gasteiger partial charge in [0.05, 0.1) is 11.7 Å². The normalized spacial score (nSPS) is 17.5. The number of nitrogens with one attached hydrogen (secondary N) is 1. The van der Waals surface area contributed by atoms with Crippen LogP contribution in [0.4, 0.5) is 10.5 Å². The summed E-state index contributed by atoms with van der Waals surface area (Å²) in [6.07, 6.45) is 2.73. The van der Waals surface area contributed by atoms with E-state index < -0.39 is 0 Å². The minimum atomic E-state index is -0.0735. The van der Waals surface area contributed by atoms with Gasteiger partial charge in [0.15, 0.2) is 5.76 Å². The molecule has 1 aliphatic heterocycles. The number of nitrogens with zero attached hydrogens (tertiary/aromatic N) is 2. The van der Waals surface area contributed by atoms with Crippen LogP contribution < -0.4 is 5.32 Å². The molecule has 1 fully saturated rings. The lowest BCUT2D eigenvalue weighted by Crippen LogP contribution is -2.34. The van der Waals surface area contributed by atoms with Crippen molar-refractivity contribution in [2.45, 2.75) is 46.1 Å². The van der Waals surface area contributed by atoms with Crippen molar-refractivity contribution in [1.29, 1.82) is 0 Å². The van der Waals surface area contributed by atoms with Crippen LogP contribution in [0, 0.1) is 13.8 Å². The third-order valence-corrected chi connectivity index (χ3v) is 4.42. The Balaban J connectivity index is 1.76. The number of amides is 2. The Morgan fingerprint density at radius 1 is 1.39 bits per heavy atom. The molecule has 1 atom stereocenters. The average molecular weight is 313 g/mol. The summed E-state index contributed by atoms with van der Waals surface area (Å²) in [6.45, 7) is 6.81. The standard InChI is InChI=1S/C18H23N3O2/c1-4-14-11-17(23-20-14)16-6-5-9-21(16)18(22)19-15-10-12(2)7-8-13(15)3/h7-8,10-11,16H,4-6,9H2,1-3H3,(H,19,22). The Morgan fingerprint density at radius 2 is 2.22 bits per heavy atom. The van der Waals surface area contributed by atoms with Gasteiger partial charge < -0.3 is 14.7 Å². The summed E-state index contributed by atoms with van der Waals surface area (Å²) in [6, 6.07) is 7.94. The van der Waals surface area contributed by atoms with Crippen LogP contribution in [0.15, 0.2) is 28.8 Å².